The summed E-state index contributed by atoms with van der Waals surface area (Å²) >= 11 is 0. The molecule has 7 heteroatoms. The lowest BCUT2D eigenvalue weighted by Gasteiger charge is -2.40. The third-order valence-electron chi connectivity index (χ3n) is 7.13. The average Bonchev–Trinajstić information content (AvgIpc) is 2.87. The average molecular weight is 503 g/mol. The van der Waals surface area contributed by atoms with Crippen LogP contribution in [0, 0.1) is 0 Å². The highest BCUT2D eigenvalue weighted by Crippen LogP contribution is 2.20. The van der Waals surface area contributed by atoms with Crippen LogP contribution in [-0.4, -0.2) is 63.6 Å². The fourth-order valence-electron chi connectivity index (χ4n) is 4.80. The van der Waals surface area contributed by atoms with Crippen molar-refractivity contribution in [2.75, 3.05) is 6.61 Å². The van der Waals surface area contributed by atoms with Gasteiger partial charge in [0.15, 0.2) is 6.29 Å². The molecular weight excluding hydrogens is 446 g/mol. The van der Waals surface area contributed by atoms with Gasteiger partial charge < -0.3 is 30.5 Å². The Morgan fingerprint density at radius 2 is 1.14 bits per heavy atom. The standard InChI is InChI=1S/C28H55NO6/c1-2-3-4-5-6-7-8-9-10-11-12-13-14-15-16-17-18-19-20-21-24(31)29-25-27(33)26(32)23(22-30)35-28(25)34/h23,25-28,30,32-34H,2-22H2,1H3,(H,29,31)/t23-,25-,26-,27-,28?/m1/s1/i1D. The van der Waals surface area contributed by atoms with Crippen molar-refractivity contribution >= 4 is 5.91 Å². The van der Waals surface area contributed by atoms with Crippen molar-refractivity contribution in [2.24, 2.45) is 0 Å². The van der Waals surface area contributed by atoms with Gasteiger partial charge in [-0.05, 0) is 6.42 Å². The van der Waals surface area contributed by atoms with Crippen LogP contribution in [0.5, 0.6) is 0 Å². The number of hydrogen-bond donors (Lipinski definition) is 5. The second kappa shape index (κ2) is 21.4. The molecule has 1 amide bonds. The van der Waals surface area contributed by atoms with Crippen LogP contribution in [0.3, 0.4) is 0 Å². The second-order valence-corrected chi connectivity index (χ2v) is 10.3. The van der Waals surface area contributed by atoms with Crippen molar-refractivity contribution in [1.82, 2.24) is 5.32 Å². The van der Waals surface area contributed by atoms with Crippen LogP contribution in [0.1, 0.15) is 137 Å². The molecule has 35 heavy (non-hydrogen) atoms. The van der Waals surface area contributed by atoms with Gasteiger partial charge in [-0.1, -0.05) is 122 Å². The number of aliphatic hydroxyl groups excluding tert-OH is 4. The maximum Gasteiger partial charge on any atom is 0.220 e. The quantitative estimate of drug-likeness (QED) is 0.137. The molecule has 1 aliphatic heterocycles. The molecule has 1 heterocycles. The van der Waals surface area contributed by atoms with Crippen LogP contribution < -0.4 is 5.32 Å². The Morgan fingerprint density at radius 1 is 0.714 bits per heavy atom. The molecule has 1 saturated heterocycles. The molecule has 0 radical (unpaired) electrons. The van der Waals surface area contributed by atoms with Crippen LogP contribution >= 0.6 is 0 Å². The van der Waals surface area contributed by atoms with Crippen LogP contribution in [0.15, 0.2) is 0 Å². The van der Waals surface area contributed by atoms with E-state index in [0.717, 1.165) is 25.7 Å². The molecule has 0 spiro atoms. The van der Waals surface area contributed by atoms with Crippen LogP contribution in [0.25, 0.3) is 0 Å². The highest BCUT2D eigenvalue weighted by Gasteiger charge is 2.44. The molecule has 0 saturated carbocycles. The van der Waals surface area contributed by atoms with Crippen LogP contribution in [0.2, 0.25) is 0 Å². The number of amides is 1. The third kappa shape index (κ3) is 15.2. The SMILES string of the molecule is [2H]CCCCCCCCCCCCCCCCCCCCCC(=O)N[C@H]1C(O)O[C@H](CO)[C@@H](O)[C@@H]1O. The number of unbranched alkanes of at least 4 members (excludes halogenated alkanes) is 18. The number of ether oxygens (including phenoxy) is 1. The first-order valence-electron chi connectivity index (χ1n) is 15.1. The van der Waals surface area contributed by atoms with Gasteiger partial charge in [0.2, 0.25) is 5.91 Å². The van der Waals surface area contributed by atoms with Gasteiger partial charge in [-0.3, -0.25) is 4.79 Å². The number of nitrogens with one attached hydrogen (secondary N) is 1. The van der Waals surface area contributed by atoms with Crippen LogP contribution in [-0.2, 0) is 9.53 Å². The topological polar surface area (TPSA) is 119 Å². The molecule has 1 aliphatic rings. The van der Waals surface area contributed by atoms with E-state index in [0.29, 0.717) is 13.3 Å². The van der Waals surface area contributed by atoms with Gasteiger partial charge in [0.25, 0.3) is 0 Å². The molecule has 5 N–H and O–H groups in total. The molecular formula is C28H55NO6. The van der Waals surface area contributed by atoms with E-state index in [1.54, 1.807) is 0 Å². The summed E-state index contributed by atoms with van der Waals surface area (Å²) in [7, 11) is 0. The van der Waals surface area contributed by atoms with E-state index in [-0.39, 0.29) is 5.91 Å². The molecule has 0 aromatic carbocycles. The van der Waals surface area contributed by atoms with E-state index >= 15 is 0 Å². The first-order chi connectivity index (χ1) is 17.5. The summed E-state index contributed by atoms with van der Waals surface area (Å²) < 4.78 is 12.2. The summed E-state index contributed by atoms with van der Waals surface area (Å²) in [5, 5.41) is 41.5. The van der Waals surface area contributed by atoms with Crippen LogP contribution in [0.4, 0.5) is 0 Å². The predicted molar refractivity (Wildman–Crippen MR) is 140 cm³/mol. The van der Waals surface area contributed by atoms with Gasteiger partial charge in [0.1, 0.15) is 24.4 Å². The Hall–Kier alpha value is -0.730. The fraction of sp³-hybridized carbons (Fsp3) is 0.964. The maximum atomic E-state index is 12.1. The number of rotatable bonds is 22. The van der Waals surface area contributed by atoms with Gasteiger partial charge in [0.05, 0.1) is 6.61 Å². The summed E-state index contributed by atoms with van der Waals surface area (Å²) in [4.78, 5) is 12.1. The van der Waals surface area contributed by atoms with Gasteiger partial charge in [-0.2, -0.15) is 0 Å². The lowest BCUT2D eigenvalue weighted by Crippen LogP contribution is -2.64. The van der Waals surface area contributed by atoms with Crippen molar-refractivity contribution in [2.45, 2.75) is 166 Å². The summed E-state index contributed by atoms with van der Waals surface area (Å²) in [5.74, 6) is -0.285. The lowest BCUT2D eigenvalue weighted by atomic mass is 9.97. The fourth-order valence-corrected chi connectivity index (χ4v) is 4.80. The van der Waals surface area contributed by atoms with Gasteiger partial charge in [-0.25, -0.2) is 0 Å². The Morgan fingerprint density at radius 3 is 1.57 bits per heavy atom. The summed E-state index contributed by atoms with van der Waals surface area (Å²) in [6.07, 6.45) is 18.8. The second-order valence-electron chi connectivity index (χ2n) is 10.3. The summed E-state index contributed by atoms with van der Waals surface area (Å²) in [5.41, 5.74) is 0. The highest BCUT2D eigenvalue weighted by atomic mass is 16.6. The molecule has 0 aliphatic carbocycles. The van der Waals surface area contributed by atoms with E-state index in [9.17, 15) is 20.1 Å². The van der Waals surface area contributed by atoms with Crippen molar-refractivity contribution in [3.05, 3.63) is 0 Å². The molecule has 5 atom stereocenters. The number of carbonyl (C=O) groups is 1. The maximum absolute atomic E-state index is 12.1. The molecule has 0 bridgehead atoms. The normalized spacial score (nSPS) is 24.9. The minimum Gasteiger partial charge on any atom is -0.394 e. The van der Waals surface area contributed by atoms with E-state index in [1.807, 2.05) is 0 Å². The minimum absolute atomic E-state index is 0.285. The molecule has 1 rings (SSSR count). The Balaban J connectivity index is 1.85. The molecule has 7 nitrogen and oxygen atoms in total. The molecule has 1 fully saturated rings. The molecule has 1 unspecified atom stereocenters. The molecule has 208 valence electrons. The summed E-state index contributed by atoms with van der Waals surface area (Å²) in [6.45, 7) is 0.0638. The largest absolute Gasteiger partial charge is 0.394 e. The van der Waals surface area contributed by atoms with Crippen molar-refractivity contribution in [3.8, 4) is 0 Å². The van der Waals surface area contributed by atoms with E-state index in [1.165, 1.54) is 96.3 Å². The van der Waals surface area contributed by atoms with E-state index in [2.05, 4.69) is 5.32 Å². The minimum atomic E-state index is -1.46. The lowest BCUT2D eigenvalue weighted by molar-refractivity contribution is -0.253. The Kier molecular flexibility index (Phi) is 18.6. The first-order valence-corrected chi connectivity index (χ1v) is 14.4. The van der Waals surface area contributed by atoms with E-state index < -0.39 is 37.3 Å². The first kappa shape index (κ1) is 30.5. The Bertz CT molecular complexity index is 526. The molecule has 0 aromatic rings. The van der Waals surface area contributed by atoms with Crippen molar-refractivity contribution in [3.63, 3.8) is 0 Å². The van der Waals surface area contributed by atoms with E-state index in [4.69, 9.17) is 11.2 Å². The zero-order valence-electron chi connectivity index (χ0n) is 23.0. The van der Waals surface area contributed by atoms with Gasteiger partial charge in [-0.15, -0.1) is 0 Å². The van der Waals surface area contributed by atoms with Crippen molar-refractivity contribution in [1.29, 1.82) is 0 Å². The third-order valence-corrected chi connectivity index (χ3v) is 7.13. The monoisotopic (exact) mass is 502 g/mol. The Labute approximate surface area is 215 Å². The van der Waals surface area contributed by atoms with Crippen molar-refractivity contribution < 1.29 is 31.3 Å². The summed E-state index contributed by atoms with van der Waals surface area (Å²) in [6, 6.07) is -1.10. The number of aliphatic hydroxyl groups is 4. The predicted octanol–water partition coefficient (Wildman–Crippen LogP) is 4.72. The zero-order chi connectivity index (χ0) is 26.4. The highest BCUT2D eigenvalue weighted by molar-refractivity contribution is 5.76. The zero-order valence-corrected chi connectivity index (χ0v) is 22.0. The number of carbonyl (C=O) groups excluding carboxylic acids is 1. The van der Waals surface area contributed by atoms with Gasteiger partial charge in [0, 0.05) is 7.79 Å². The number of hydrogen-bond acceptors (Lipinski definition) is 6. The molecule has 0 aromatic heterocycles. The van der Waals surface area contributed by atoms with Gasteiger partial charge >= 0.3 is 0 Å². The smallest absolute Gasteiger partial charge is 0.220 e.